The summed E-state index contributed by atoms with van der Waals surface area (Å²) >= 11 is 0. The van der Waals surface area contributed by atoms with Crippen LogP contribution in [0.3, 0.4) is 0 Å². The molecule has 142 valence electrons. The van der Waals surface area contributed by atoms with Gasteiger partial charge in [-0.25, -0.2) is 9.78 Å². The van der Waals surface area contributed by atoms with Crippen molar-refractivity contribution in [2.75, 3.05) is 12.4 Å². The summed E-state index contributed by atoms with van der Waals surface area (Å²) in [5, 5.41) is 5.84. The lowest BCUT2D eigenvalue weighted by Crippen LogP contribution is -2.34. The number of rotatable bonds is 6. The Hall–Kier alpha value is -3.74. The van der Waals surface area contributed by atoms with Crippen molar-refractivity contribution in [3.63, 3.8) is 0 Å². The molecule has 0 fully saturated rings. The minimum atomic E-state index is -0.320. The number of hydrogen-bond donors (Lipinski definition) is 4. The van der Waals surface area contributed by atoms with Gasteiger partial charge in [-0.15, -0.1) is 0 Å². The van der Waals surface area contributed by atoms with Gasteiger partial charge in [-0.1, -0.05) is 24.3 Å². The van der Waals surface area contributed by atoms with Crippen molar-refractivity contribution in [2.24, 2.45) is 0 Å². The topological polar surface area (TPSA) is 94.8 Å². The number of para-hydroxylation sites is 2. The Labute approximate surface area is 162 Å². The number of carbonyl (C=O) groups excluding carboxylic acids is 1. The molecule has 4 N–H and O–H groups in total. The van der Waals surface area contributed by atoms with Gasteiger partial charge in [0.2, 0.25) is 0 Å². The lowest BCUT2D eigenvalue weighted by atomic mass is 10.1. The number of ether oxygens (including phenoxy) is 1. The smallest absolute Gasteiger partial charge is 0.319 e. The van der Waals surface area contributed by atoms with Crippen molar-refractivity contribution in [1.29, 1.82) is 0 Å². The average Bonchev–Trinajstić information content (AvgIpc) is 3.37. The molecule has 2 aromatic heterocycles. The maximum Gasteiger partial charge on any atom is 0.319 e. The van der Waals surface area contributed by atoms with Crippen molar-refractivity contribution >= 4 is 22.8 Å². The van der Waals surface area contributed by atoms with Crippen LogP contribution in [0.4, 0.5) is 10.5 Å². The molecular formula is C21H21N5O2. The van der Waals surface area contributed by atoms with Crippen molar-refractivity contribution in [3.8, 4) is 5.75 Å². The van der Waals surface area contributed by atoms with Gasteiger partial charge < -0.3 is 25.3 Å². The van der Waals surface area contributed by atoms with Crippen molar-refractivity contribution in [1.82, 2.24) is 20.3 Å². The average molecular weight is 375 g/mol. The molecule has 0 saturated carbocycles. The summed E-state index contributed by atoms with van der Waals surface area (Å²) in [4.78, 5) is 23.4. The quantitative estimate of drug-likeness (QED) is 0.410. The number of benzene rings is 2. The Kier molecular flexibility index (Phi) is 4.97. The van der Waals surface area contributed by atoms with Crippen LogP contribution in [0.1, 0.15) is 17.4 Å². The van der Waals surface area contributed by atoms with Crippen LogP contribution in [0.2, 0.25) is 0 Å². The second-order valence-electron chi connectivity index (χ2n) is 6.44. The van der Waals surface area contributed by atoms with E-state index in [0.29, 0.717) is 17.9 Å². The van der Waals surface area contributed by atoms with Crippen molar-refractivity contribution in [2.45, 2.75) is 12.5 Å². The van der Waals surface area contributed by atoms with Crippen molar-refractivity contribution in [3.05, 3.63) is 78.4 Å². The van der Waals surface area contributed by atoms with E-state index in [4.69, 9.17) is 4.74 Å². The van der Waals surface area contributed by atoms with Gasteiger partial charge in [0.15, 0.2) is 0 Å². The molecule has 2 heterocycles. The van der Waals surface area contributed by atoms with E-state index in [1.54, 1.807) is 25.6 Å². The second kappa shape index (κ2) is 7.87. The van der Waals surface area contributed by atoms with Crippen LogP contribution in [-0.2, 0) is 6.42 Å². The number of methoxy groups -OCH3 is 1. The number of amides is 2. The highest BCUT2D eigenvalue weighted by molar-refractivity contribution is 5.89. The fraction of sp³-hybridized carbons (Fsp3) is 0.143. The van der Waals surface area contributed by atoms with E-state index < -0.39 is 0 Å². The fourth-order valence-corrected chi connectivity index (χ4v) is 3.08. The summed E-state index contributed by atoms with van der Waals surface area (Å²) in [6.07, 6.45) is 4.06. The lowest BCUT2D eigenvalue weighted by Gasteiger charge is -2.17. The summed E-state index contributed by atoms with van der Waals surface area (Å²) in [6.45, 7) is 0. The molecule has 0 radical (unpaired) electrons. The number of nitrogens with one attached hydrogen (secondary N) is 4. The van der Waals surface area contributed by atoms with Crippen LogP contribution in [0, 0.1) is 0 Å². The number of imidazole rings is 1. The number of nitrogens with zero attached hydrogens (tertiary/aromatic N) is 1. The molecule has 2 aromatic carbocycles. The summed E-state index contributed by atoms with van der Waals surface area (Å²) < 4.78 is 5.22. The molecule has 0 bridgehead atoms. The SMILES string of the molecule is COc1ccc(C[C@@H](NC(=O)Nc2cc[nH]c2)c2nc3ccccc3[nH]2)cc1. The summed E-state index contributed by atoms with van der Waals surface area (Å²) in [7, 11) is 1.64. The summed E-state index contributed by atoms with van der Waals surface area (Å²) in [6, 6.07) is 16.8. The van der Waals surface area contributed by atoms with Gasteiger partial charge in [0, 0.05) is 12.4 Å². The first-order valence-electron chi connectivity index (χ1n) is 8.99. The first-order chi connectivity index (χ1) is 13.7. The van der Waals surface area contributed by atoms with E-state index in [-0.39, 0.29) is 12.1 Å². The maximum absolute atomic E-state index is 12.5. The number of aromatic nitrogens is 3. The van der Waals surface area contributed by atoms with E-state index in [0.717, 1.165) is 22.3 Å². The monoisotopic (exact) mass is 375 g/mol. The third-order valence-corrected chi connectivity index (χ3v) is 4.50. The summed E-state index contributed by atoms with van der Waals surface area (Å²) in [5.74, 6) is 1.50. The molecule has 7 heteroatoms. The lowest BCUT2D eigenvalue weighted by molar-refractivity contribution is 0.248. The molecule has 4 rings (SSSR count). The zero-order chi connectivity index (χ0) is 19.3. The molecule has 7 nitrogen and oxygen atoms in total. The van der Waals surface area contributed by atoms with Gasteiger partial charge in [-0.05, 0) is 42.3 Å². The molecule has 28 heavy (non-hydrogen) atoms. The fourth-order valence-electron chi connectivity index (χ4n) is 3.08. The molecule has 0 aliphatic carbocycles. The predicted octanol–water partition coefficient (Wildman–Crippen LogP) is 4.01. The van der Waals surface area contributed by atoms with E-state index in [9.17, 15) is 4.79 Å². The summed E-state index contributed by atoms with van der Waals surface area (Å²) in [5.41, 5.74) is 3.56. The highest BCUT2D eigenvalue weighted by atomic mass is 16.5. The van der Waals surface area contributed by atoms with E-state index in [1.807, 2.05) is 48.5 Å². The molecule has 2 amide bonds. The van der Waals surface area contributed by atoms with Gasteiger partial charge >= 0.3 is 6.03 Å². The molecule has 0 saturated heterocycles. The molecule has 1 atom stereocenters. The Bertz CT molecular complexity index is 1020. The number of H-pyrrole nitrogens is 2. The van der Waals surface area contributed by atoms with Gasteiger partial charge in [-0.3, -0.25) is 0 Å². The van der Waals surface area contributed by atoms with Crippen molar-refractivity contribution < 1.29 is 9.53 Å². The van der Waals surface area contributed by atoms with Crippen LogP contribution in [0.15, 0.2) is 67.0 Å². The van der Waals surface area contributed by atoms with Crippen LogP contribution in [0.5, 0.6) is 5.75 Å². The minimum Gasteiger partial charge on any atom is -0.497 e. The highest BCUT2D eigenvalue weighted by Crippen LogP contribution is 2.21. The van der Waals surface area contributed by atoms with Gasteiger partial charge in [0.1, 0.15) is 11.6 Å². The Morgan fingerprint density at radius 3 is 2.68 bits per heavy atom. The number of hydrogen-bond acceptors (Lipinski definition) is 3. The number of urea groups is 1. The molecular weight excluding hydrogens is 354 g/mol. The number of aromatic amines is 2. The zero-order valence-electron chi connectivity index (χ0n) is 15.4. The van der Waals surface area contributed by atoms with E-state index >= 15 is 0 Å². The predicted molar refractivity (Wildman–Crippen MR) is 108 cm³/mol. The van der Waals surface area contributed by atoms with Gasteiger partial charge in [0.25, 0.3) is 0 Å². The second-order valence-corrected chi connectivity index (χ2v) is 6.44. The minimum absolute atomic E-state index is 0.293. The van der Waals surface area contributed by atoms with Gasteiger partial charge in [-0.2, -0.15) is 0 Å². The number of anilines is 1. The van der Waals surface area contributed by atoms with E-state index in [2.05, 4.69) is 25.6 Å². The van der Waals surface area contributed by atoms with Crippen LogP contribution in [0.25, 0.3) is 11.0 Å². The Morgan fingerprint density at radius 1 is 1.14 bits per heavy atom. The first kappa shape index (κ1) is 17.7. The first-order valence-corrected chi connectivity index (χ1v) is 8.99. The van der Waals surface area contributed by atoms with Crippen LogP contribution in [-0.4, -0.2) is 28.1 Å². The Balaban J connectivity index is 1.58. The molecule has 0 unspecified atom stereocenters. The van der Waals surface area contributed by atoms with E-state index in [1.165, 1.54) is 0 Å². The molecule has 4 aromatic rings. The third-order valence-electron chi connectivity index (χ3n) is 4.50. The largest absolute Gasteiger partial charge is 0.497 e. The number of carbonyl (C=O) groups is 1. The molecule has 0 aliphatic heterocycles. The standard InChI is InChI=1S/C21H21N5O2/c1-28-16-8-6-14(7-9-16)12-19(26-21(27)23-15-10-11-22-13-15)20-24-17-4-2-3-5-18(17)25-20/h2-11,13,19,22H,12H2,1H3,(H,24,25)(H2,23,26,27)/t19-/m1/s1. The zero-order valence-corrected chi connectivity index (χ0v) is 15.4. The van der Waals surface area contributed by atoms with Crippen LogP contribution >= 0.6 is 0 Å². The molecule has 0 aliphatic rings. The molecule has 0 spiro atoms. The maximum atomic E-state index is 12.5. The van der Waals surface area contributed by atoms with Gasteiger partial charge in [0.05, 0.1) is 29.9 Å². The van der Waals surface area contributed by atoms with Crippen LogP contribution < -0.4 is 15.4 Å². The Morgan fingerprint density at radius 2 is 1.96 bits per heavy atom. The third kappa shape index (κ3) is 3.98. The number of fused-ring (bicyclic) bond motifs is 1. The normalized spacial score (nSPS) is 11.9. The highest BCUT2D eigenvalue weighted by Gasteiger charge is 2.19.